The predicted molar refractivity (Wildman–Crippen MR) is 98.8 cm³/mol. The highest BCUT2D eigenvalue weighted by atomic mass is 16.5. The van der Waals surface area contributed by atoms with Crippen LogP contribution in [0.25, 0.3) is 0 Å². The van der Waals surface area contributed by atoms with Gasteiger partial charge in [-0.2, -0.15) is 5.10 Å². The number of aliphatic hydroxyl groups excluding tert-OH is 1. The van der Waals surface area contributed by atoms with Crippen LogP contribution < -0.4 is 4.74 Å². The highest BCUT2D eigenvalue weighted by molar-refractivity contribution is 5.27. The van der Waals surface area contributed by atoms with Crippen molar-refractivity contribution in [3.8, 4) is 5.75 Å². The molecule has 1 saturated heterocycles. The Kier molecular flexibility index (Phi) is 6.10. The Morgan fingerprint density at radius 3 is 2.52 bits per heavy atom. The van der Waals surface area contributed by atoms with Crippen molar-refractivity contribution >= 4 is 0 Å². The summed E-state index contributed by atoms with van der Waals surface area (Å²) in [5, 5.41) is 13.5. The van der Waals surface area contributed by atoms with Gasteiger partial charge in [-0.3, -0.25) is 9.58 Å². The van der Waals surface area contributed by atoms with E-state index in [1.807, 2.05) is 24.7 Å². The van der Waals surface area contributed by atoms with E-state index < -0.39 is 0 Å². The molecule has 0 radical (unpaired) electrons. The zero-order chi connectivity index (χ0) is 17.6. The minimum atomic E-state index is 0.143. The number of rotatable bonds is 7. The number of likely N-dealkylation sites (tertiary alicyclic amines) is 1. The van der Waals surface area contributed by atoms with Crippen LogP contribution in [0.3, 0.4) is 0 Å². The van der Waals surface area contributed by atoms with E-state index in [4.69, 9.17) is 9.84 Å². The zero-order valence-corrected chi connectivity index (χ0v) is 15.3. The van der Waals surface area contributed by atoms with Crippen LogP contribution in [0, 0.1) is 0 Å². The molecule has 3 rings (SSSR count). The normalized spacial score (nSPS) is 16.5. The second-order valence-electron chi connectivity index (χ2n) is 7.06. The van der Waals surface area contributed by atoms with Gasteiger partial charge in [0.2, 0.25) is 0 Å². The van der Waals surface area contributed by atoms with Crippen molar-refractivity contribution in [2.75, 3.05) is 19.7 Å². The summed E-state index contributed by atoms with van der Waals surface area (Å²) in [6.45, 7) is 8.01. The Bertz CT molecular complexity index is 643. The molecule has 1 fully saturated rings. The Morgan fingerprint density at radius 2 is 1.88 bits per heavy atom. The molecule has 5 heteroatoms. The van der Waals surface area contributed by atoms with Gasteiger partial charge in [-0.15, -0.1) is 0 Å². The monoisotopic (exact) mass is 343 g/mol. The molecule has 2 heterocycles. The molecule has 0 saturated carbocycles. The maximum atomic E-state index is 9.16. The van der Waals surface area contributed by atoms with Crippen molar-refractivity contribution in [2.45, 2.75) is 51.8 Å². The standard InChI is InChI=1S/C20H29N3O2/c1-16(2)25-19-5-3-17(4-6-19)15-22-11-8-18(9-12-22)20-7-10-21-23(20)13-14-24/h3-7,10,16,18,24H,8-9,11-15H2,1-2H3. The number of hydrogen-bond acceptors (Lipinski definition) is 4. The lowest BCUT2D eigenvalue weighted by Gasteiger charge is -2.32. The van der Waals surface area contributed by atoms with E-state index >= 15 is 0 Å². The summed E-state index contributed by atoms with van der Waals surface area (Å²) in [6, 6.07) is 10.6. The summed E-state index contributed by atoms with van der Waals surface area (Å²) < 4.78 is 7.66. The van der Waals surface area contributed by atoms with Crippen LogP contribution in [0.4, 0.5) is 0 Å². The molecule has 1 aromatic heterocycles. The van der Waals surface area contributed by atoms with Crippen molar-refractivity contribution in [3.05, 3.63) is 47.8 Å². The van der Waals surface area contributed by atoms with Gasteiger partial charge in [-0.25, -0.2) is 0 Å². The minimum absolute atomic E-state index is 0.143. The Hall–Kier alpha value is -1.85. The average Bonchev–Trinajstić information content (AvgIpc) is 3.06. The minimum Gasteiger partial charge on any atom is -0.491 e. The van der Waals surface area contributed by atoms with Gasteiger partial charge < -0.3 is 9.84 Å². The highest BCUT2D eigenvalue weighted by Crippen LogP contribution is 2.28. The summed E-state index contributed by atoms with van der Waals surface area (Å²) in [5.41, 5.74) is 2.60. The van der Waals surface area contributed by atoms with Crippen LogP contribution in [-0.4, -0.2) is 45.6 Å². The van der Waals surface area contributed by atoms with E-state index in [2.05, 4.69) is 40.3 Å². The molecule has 25 heavy (non-hydrogen) atoms. The molecule has 2 aromatic rings. The first-order chi connectivity index (χ1) is 12.2. The molecule has 1 aliphatic rings. The van der Waals surface area contributed by atoms with Crippen LogP contribution in [-0.2, 0) is 13.1 Å². The molecule has 0 bridgehead atoms. The fraction of sp³-hybridized carbons (Fsp3) is 0.550. The Labute approximate surface area is 150 Å². The lowest BCUT2D eigenvalue weighted by atomic mass is 9.93. The third-order valence-electron chi connectivity index (χ3n) is 4.77. The molecule has 1 aromatic carbocycles. The average molecular weight is 343 g/mol. The van der Waals surface area contributed by atoms with Gasteiger partial charge in [0.15, 0.2) is 0 Å². The summed E-state index contributed by atoms with van der Waals surface area (Å²) >= 11 is 0. The smallest absolute Gasteiger partial charge is 0.119 e. The lowest BCUT2D eigenvalue weighted by molar-refractivity contribution is 0.198. The van der Waals surface area contributed by atoms with E-state index in [1.54, 1.807) is 0 Å². The third-order valence-corrected chi connectivity index (χ3v) is 4.77. The summed E-state index contributed by atoms with van der Waals surface area (Å²) in [4.78, 5) is 2.52. The van der Waals surface area contributed by atoms with Crippen molar-refractivity contribution in [1.29, 1.82) is 0 Å². The fourth-order valence-electron chi connectivity index (χ4n) is 3.56. The van der Waals surface area contributed by atoms with Crippen molar-refractivity contribution in [3.63, 3.8) is 0 Å². The fourth-order valence-corrected chi connectivity index (χ4v) is 3.56. The number of nitrogens with zero attached hydrogens (tertiary/aromatic N) is 3. The molecule has 0 atom stereocenters. The quantitative estimate of drug-likeness (QED) is 0.839. The number of hydrogen-bond donors (Lipinski definition) is 1. The van der Waals surface area contributed by atoms with E-state index in [9.17, 15) is 0 Å². The Balaban J connectivity index is 1.51. The second-order valence-corrected chi connectivity index (χ2v) is 7.06. The first-order valence-corrected chi connectivity index (χ1v) is 9.26. The van der Waals surface area contributed by atoms with Crippen LogP contribution in [0.1, 0.15) is 43.9 Å². The Morgan fingerprint density at radius 1 is 1.16 bits per heavy atom. The molecule has 5 nitrogen and oxygen atoms in total. The van der Waals surface area contributed by atoms with Crippen molar-refractivity contribution in [1.82, 2.24) is 14.7 Å². The molecule has 136 valence electrons. The first kappa shape index (κ1) is 18.0. The maximum absolute atomic E-state index is 9.16. The van der Waals surface area contributed by atoms with Crippen molar-refractivity contribution in [2.24, 2.45) is 0 Å². The largest absolute Gasteiger partial charge is 0.491 e. The predicted octanol–water partition coefficient (Wildman–Crippen LogP) is 3.04. The van der Waals surface area contributed by atoms with Crippen molar-refractivity contribution < 1.29 is 9.84 Å². The topological polar surface area (TPSA) is 50.5 Å². The van der Waals surface area contributed by atoms with Gasteiger partial charge in [0, 0.05) is 24.4 Å². The molecule has 0 unspecified atom stereocenters. The van der Waals surface area contributed by atoms with Crippen LogP contribution >= 0.6 is 0 Å². The van der Waals surface area contributed by atoms with Crippen LogP contribution in [0.15, 0.2) is 36.5 Å². The molecule has 0 amide bonds. The number of aliphatic hydroxyl groups is 1. The van der Waals surface area contributed by atoms with E-state index in [0.29, 0.717) is 12.5 Å². The van der Waals surface area contributed by atoms with E-state index in [-0.39, 0.29) is 12.7 Å². The highest BCUT2D eigenvalue weighted by Gasteiger charge is 2.23. The van der Waals surface area contributed by atoms with Gasteiger partial charge in [0.25, 0.3) is 0 Å². The number of piperidine rings is 1. The second kappa shape index (κ2) is 8.50. The van der Waals surface area contributed by atoms with Gasteiger partial charge in [-0.05, 0) is 63.5 Å². The summed E-state index contributed by atoms with van der Waals surface area (Å²) in [5.74, 6) is 1.49. The molecule has 0 spiro atoms. The first-order valence-electron chi connectivity index (χ1n) is 9.26. The SMILES string of the molecule is CC(C)Oc1ccc(CN2CCC(c3ccnn3CCO)CC2)cc1. The van der Waals surface area contributed by atoms with Gasteiger partial charge in [0.1, 0.15) is 5.75 Å². The van der Waals surface area contributed by atoms with E-state index in [1.165, 1.54) is 11.3 Å². The number of benzene rings is 1. The molecule has 0 aliphatic carbocycles. The maximum Gasteiger partial charge on any atom is 0.119 e. The molecule has 1 N–H and O–H groups in total. The van der Waals surface area contributed by atoms with E-state index in [0.717, 1.165) is 38.2 Å². The van der Waals surface area contributed by atoms with Crippen LogP contribution in [0.2, 0.25) is 0 Å². The van der Waals surface area contributed by atoms with Crippen LogP contribution in [0.5, 0.6) is 5.75 Å². The number of ether oxygens (including phenoxy) is 1. The van der Waals surface area contributed by atoms with Gasteiger partial charge in [-0.1, -0.05) is 12.1 Å². The molecule has 1 aliphatic heterocycles. The van der Waals surface area contributed by atoms with Gasteiger partial charge >= 0.3 is 0 Å². The summed E-state index contributed by atoms with van der Waals surface area (Å²) in [6.07, 6.45) is 4.35. The van der Waals surface area contributed by atoms with Gasteiger partial charge in [0.05, 0.1) is 19.3 Å². The molecular formula is C20H29N3O2. The summed E-state index contributed by atoms with van der Waals surface area (Å²) in [7, 11) is 0. The lowest BCUT2D eigenvalue weighted by Crippen LogP contribution is -2.33. The molecular weight excluding hydrogens is 314 g/mol. The third kappa shape index (κ3) is 4.83. The zero-order valence-electron chi connectivity index (χ0n) is 15.3. The number of aromatic nitrogens is 2.